The molecule has 0 N–H and O–H groups in total. The highest BCUT2D eigenvalue weighted by atomic mass is 32.2. The van der Waals surface area contributed by atoms with Gasteiger partial charge < -0.3 is 9.26 Å². The molecule has 2 heterocycles. The molecule has 3 rings (SSSR count). The summed E-state index contributed by atoms with van der Waals surface area (Å²) in [7, 11) is -1.24. The molecule has 1 aromatic carbocycles. The number of nitrogens with zero attached hydrogens (tertiary/aromatic N) is 2. The van der Waals surface area contributed by atoms with Crippen molar-refractivity contribution in [3.05, 3.63) is 41.5 Å². The van der Waals surface area contributed by atoms with Crippen LogP contribution in [-0.4, -0.2) is 37.2 Å². The third-order valence-electron chi connectivity index (χ3n) is 3.82. The van der Waals surface area contributed by atoms with Crippen molar-refractivity contribution in [2.45, 2.75) is 19.3 Å². The molecule has 0 amide bonds. The predicted octanol–water partition coefficient (Wildman–Crippen LogP) is 1.65. The van der Waals surface area contributed by atoms with Gasteiger partial charge in [0.05, 0.1) is 18.6 Å². The van der Waals surface area contributed by atoms with Gasteiger partial charge >= 0.3 is 0 Å². The Balaban J connectivity index is 1.61. The van der Waals surface area contributed by atoms with Crippen LogP contribution in [0.2, 0.25) is 0 Å². The van der Waals surface area contributed by atoms with Crippen LogP contribution in [0.3, 0.4) is 0 Å². The summed E-state index contributed by atoms with van der Waals surface area (Å²) in [5.74, 6) is 2.53. The highest BCUT2D eigenvalue weighted by Gasteiger charge is 2.29. The van der Waals surface area contributed by atoms with Gasteiger partial charge in [0, 0.05) is 12.8 Å². The highest BCUT2D eigenvalue weighted by molar-refractivity contribution is 7.91. The molecular weight excluding hydrogens is 304 g/mol. The Morgan fingerprint density at radius 1 is 1.32 bits per heavy atom. The van der Waals surface area contributed by atoms with Crippen LogP contribution in [0.15, 0.2) is 28.8 Å². The summed E-state index contributed by atoms with van der Waals surface area (Å²) in [4.78, 5) is 4.36. The Morgan fingerprint density at radius 3 is 2.73 bits per heavy atom. The molecule has 7 heteroatoms. The van der Waals surface area contributed by atoms with Crippen molar-refractivity contribution < 1.29 is 17.7 Å². The lowest BCUT2D eigenvalue weighted by molar-refractivity contribution is 0.355. The number of aromatic nitrogens is 2. The monoisotopic (exact) mass is 322 g/mol. The first kappa shape index (κ1) is 15.0. The zero-order chi connectivity index (χ0) is 15.6. The number of methoxy groups -OCH3 is 1. The van der Waals surface area contributed by atoms with Crippen molar-refractivity contribution in [2.75, 3.05) is 18.6 Å². The summed E-state index contributed by atoms with van der Waals surface area (Å²) in [6.45, 7) is 0. The smallest absolute Gasteiger partial charge is 0.226 e. The standard InChI is InChI=1S/C15H18N2O4S/c1-20-13-4-2-11(3-5-13)8-14-16-15(21-17-14)9-12-6-7-22(18,19)10-12/h2-5,12H,6-10H2,1H3/t12-/m0/s1. The van der Waals surface area contributed by atoms with Gasteiger partial charge in [-0.05, 0) is 30.0 Å². The molecule has 0 saturated carbocycles. The van der Waals surface area contributed by atoms with Crippen molar-refractivity contribution in [1.82, 2.24) is 10.1 Å². The maximum Gasteiger partial charge on any atom is 0.226 e. The van der Waals surface area contributed by atoms with E-state index in [1.165, 1.54) is 0 Å². The molecule has 2 aromatic rings. The minimum Gasteiger partial charge on any atom is -0.497 e. The first-order chi connectivity index (χ1) is 10.5. The molecule has 1 aromatic heterocycles. The highest BCUT2D eigenvalue weighted by Crippen LogP contribution is 2.22. The first-order valence-corrected chi connectivity index (χ1v) is 9.01. The van der Waals surface area contributed by atoms with E-state index in [0.29, 0.717) is 31.0 Å². The minimum absolute atomic E-state index is 0.0966. The number of rotatable bonds is 5. The molecule has 1 aliphatic rings. The van der Waals surface area contributed by atoms with E-state index in [4.69, 9.17) is 9.26 Å². The van der Waals surface area contributed by atoms with Crippen LogP contribution in [0, 0.1) is 5.92 Å². The van der Waals surface area contributed by atoms with Crippen molar-refractivity contribution in [3.8, 4) is 5.75 Å². The number of hydrogen-bond acceptors (Lipinski definition) is 6. The Morgan fingerprint density at radius 2 is 2.09 bits per heavy atom. The second-order valence-electron chi connectivity index (χ2n) is 5.60. The van der Waals surface area contributed by atoms with Gasteiger partial charge in [0.1, 0.15) is 5.75 Å². The molecule has 1 aliphatic heterocycles. The Kier molecular flexibility index (Phi) is 4.15. The van der Waals surface area contributed by atoms with E-state index < -0.39 is 9.84 Å². The lowest BCUT2D eigenvalue weighted by atomic mass is 10.1. The normalized spacial score (nSPS) is 20.1. The van der Waals surface area contributed by atoms with E-state index >= 15 is 0 Å². The number of hydrogen-bond donors (Lipinski definition) is 0. The van der Waals surface area contributed by atoms with Gasteiger partial charge in [0.15, 0.2) is 15.7 Å². The van der Waals surface area contributed by atoms with Gasteiger partial charge in [-0.15, -0.1) is 0 Å². The van der Waals surface area contributed by atoms with Gasteiger partial charge in [0.2, 0.25) is 5.89 Å². The molecule has 1 saturated heterocycles. The van der Waals surface area contributed by atoms with Crippen LogP contribution < -0.4 is 4.74 Å². The maximum absolute atomic E-state index is 11.5. The van der Waals surface area contributed by atoms with Crippen LogP contribution in [0.4, 0.5) is 0 Å². The second kappa shape index (κ2) is 6.08. The first-order valence-electron chi connectivity index (χ1n) is 7.19. The minimum atomic E-state index is -2.87. The fourth-order valence-corrected chi connectivity index (χ4v) is 4.51. The van der Waals surface area contributed by atoms with Gasteiger partial charge in [-0.25, -0.2) is 8.42 Å². The molecule has 1 fully saturated rings. The maximum atomic E-state index is 11.5. The molecule has 0 radical (unpaired) electrons. The van der Waals surface area contributed by atoms with Crippen molar-refractivity contribution in [1.29, 1.82) is 0 Å². The predicted molar refractivity (Wildman–Crippen MR) is 80.6 cm³/mol. The third kappa shape index (κ3) is 3.65. The van der Waals surface area contributed by atoms with E-state index in [2.05, 4.69) is 10.1 Å². The SMILES string of the molecule is COc1ccc(Cc2noc(C[C@@H]3CCS(=O)(=O)C3)n2)cc1. The zero-order valence-corrected chi connectivity index (χ0v) is 13.2. The summed E-state index contributed by atoms with van der Waals surface area (Å²) in [6.07, 6.45) is 1.80. The number of ether oxygens (including phenoxy) is 1. The van der Waals surface area contributed by atoms with Crippen molar-refractivity contribution in [3.63, 3.8) is 0 Å². The molecule has 0 spiro atoms. The molecule has 6 nitrogen and oxygen atoms in total. The number of benzene rings is 1. The van der Waals surface area contributed by atoms with Crippen LogP contribution in [0.5, 0.6) is 5.75 Å². The Hall–Kier alpha value is -1.89. The van der Waals surface area contributed by atoms with E-state index in [9.17, 15) is 8.42 Å². The second-order valence-corrected chi connectivity index (χ2v) is 7.83. The summed E-state index contributed by atoms with van der Waals surface area (Å²) in [5, 5.41) is 3.97. The van der Waals surface area contributed by atoms with E-state index in [-0.39, 0.29) is 17.4 Å². The lowest BCUT2D eigenvalue weighted by Crippen LogP contribution is -2.07. The van der Waals surface area contributed by atoms with Gasteiger partial charge in [0.25, 0.3) is 0 Å². The quantitative estimate of drug-likeness (QED) is 0.832. The van der Waals surface area contributed by atoms with E-state index in [1.807, 2.05) is 24.3 Å². The third-order valence-corrected chi connectivity index (χ3v) is 5.66. The summed E-state index contributed by atoms with van der Waals surface area (Å²) >= 11 is 0. The number of sulfone groups is 1. The fourth-order valence-electron chi connectivity index (χ4n) is 2.65. The van der Waals surface area contributed by atoms with E-state index in [1.54, 1.807) is 7.11 Å². The summed E-state index contributed by atoms with van der Waals surface area (Å²) in [6, 6.07) is 7.69. The van der Waals surface area contributed by atoms with Gasteiger partial charge in [-0.3, -0.25) is 0 Å². The largest absolute Gasteiger partial charge is 0.497 e. The topological polar surface area (TPSA) is 82.3 Å². The fraction of sp³-hybridized carbons (Fsp3) is 0.467. The van der Waals surface area contributed by atoms with Crippen LogP contribution in [-0.2, 0) is 22.7 Å². The zero-order valence-electron chi connectivity index (χ0n) is 12.4. The van der Waals surface area contributed by atoms with Crippen LogP contribution in [0.1, 0.15) is 23.7 Å². The molecule has 0 unspecified atom stereocenters. The molecule has 1 atom stereocenters. The Bertz CT molecular complexity index is 737. The average molecular weight is 322 g/mol. The van der Waals surface area contributed by atoms with E-state index in [0.717, 1.165) is 11.3 Å². The van der Waals surface area contributed by atoms with Crippen LogP contribution >= 0.6 is 0 Å². The molecule has 22 heavy (non-hydrogen) atoms. The van der Waals surface area contributed by atoms with Crippen molar-refractivity contribution in [2.24, 2.45) is 5.92 Å². The van der Waals surface area contributed by atoms with Gasteiger partial charge in [-0.1, -0.05) is 17.3 Å². The summed E-state index contributed by atoms with van der Waals surface area (Å²) in [5.41, 5.74) is 1.07. The molecule has 0 aliphatic carbocycles. The lowest BCUT2D eigenvalue weighted by Gasteiger charge is -2.01. The molecule has 118 valence electrons. The van der Waals surface area contributed by atoms with Crippen LogP contribution in [0.25, 0.3) is 0 Å². The molecular formula is C15H18N2O4S. The molecule has 0 bridgehead atoms. The average Bonchev–Trinajstić information content (AvgIpc) is 3.06. The summed E-state index contributed by atoms with van der Waals surface area (Å²) < 4.78 is 33.3. The Labute approximate surface area is 129 Å². The van der Waals surface area contributed by atoms with Crippen molar-refractivity contribution >= 4 is 9.84 Å². The van der Waals surface area contributed by atoms with Gasteiger partial charge in [-0.2, -0.15) is 4.98 Å².